The number of nitrogens with one attached hydrogen (secondary N) is 4. The van der Waals surface area contributed by atoms with Gasteiger partial charge in [0.25, 0.3) is 11.8 Å². The van der Waals surface area contributed by atoms with Gasteiger partial charge in [-0.1, -0.05) is 30.7 Å². The fourth-order valence-electron chi connectivity index (χ4n) is 3.34. The van der Waals surface area contributed by atoms with Gasteiger partial charge in [-0.15, -0.1) is 12.4 Å². The van der Waals surface area contributed by atoms with E-state index in [9.17, 15) is 9.59 Å². The maximum absolute atomic E-state index is 15.6. The molecular weight excluding hydrogens is 536 g/mol. The van der Waals surface area contributed by atoms with Crippen LogP contribution >= 0.6 is 24.0 Å². The minimum absolute atomic E-state index is 0. The van der Waals surface area contributed by atoms with Crippen molar-refractivity contribution in [1.29, 1.82) is 5.41 Å². The second-order valence-electron chi connectivity index (χ2n) is 7.87. The van der Waals surface area contributed by atoms with Crippen molar-refractivity contribution in [2.24, 2.45) is 5.73 Å². The van der Waals surface area contributed by atoms with Crippen molar-refractivity contribution in [3.05, 3.63) is 88.2 Å². The molecule has 1 unspecified atom stereocenters. The first-order chi connectivity index (χ1) is 17.7. The Morgan fingerprint density at radius 1 is 1.11 bits per heavy atom. The van der Waals surface area contributed by atoms with Crippen LogP contribution in [0.25, 0.3) is 0 Å². The molecule has 0 spiro atoms. The lowest BCUT2D eigenvalue weighted by atomic mass is 10.0. The van der Waals surface area contributed by atoms with E-state index in [1.54, 1.807) is 36.4 Å². The van der Waals surface area contributed by atoms with Crippen LogP contribution in [0.5, 0.6) is 11.5 Å². The van der Waals surface area contributed by atoms with Gasteiger partial charge in [-0.3, -0.25) is 25.8 Å². The highest BCUT2D eigenvalue weighted by Gasteiger charge is 2.28. The molecule has 1 atom stereocenters. The third-order valence-electron chi connectivity index (χ3n) is 5.24. The van der Waals surface area contributed by atoms with E-state index in [4.69, 9.17) is 32.2 Å². The molecule has 0 fully saturated rings. The van der Waals surface area contributed by atoms with Crippen molar-refractivity contribution in [2.75, 3.05) is 19.0 Å². The fourth-order valence-corrected chi connectivity index (χ4v) is 3.56. The number of rotatable bonds is 10. The van der Waals surface area contributed by atoms with Crippen LogP contribution in [0, 0.1) is 11.2 Å². The Balaban J connectivity index is 0.00000507. The molecule has 9 nitrogen and oxygen atoms in total. The number of nitrogens with two attached hydrogens (primary N) is 1. The van der Waals surface area contributed by atoms with Crippen LogP contribution in [0.4, 0.5) is 10.1 Å². The highest BCUT2D eigenvalue weighted by molar-refractivity contribution is 6.33. The Hall–Kier alpha value is -4.02. The molecule has 0 aliphatic rings. The third kappa shape index (κ3) is 7.50. The van der Waals surface area contributed by atoms with Crippen molar-refractivity contribution >= 4 is 47.3 Å². The molecule has 0 radical (unpaired) electrons. The van der Waals surface area contributed by atoms with E-state index < -0.39 is 23.7 Å². The lowest BCUT2D eigenvalue weighted by molar-refractivity contribution is -0.122. The number of hydrazine groups is 1. The van der Waals surface area contributed by atoms with Gasteiger partial charge in [-0.2, -0.15) is 0 Å². The summed E-state index contributed by atoms with van der Waals surface area (Å²) in [6.45, 7) is 2.14. The van der Waals surface area contributed by atoms with Crippen LogP contribution in [-0.2, 0) is 4.79 Å². The molecule has 0 aliphatic carbocycles. The minimum atomic E-state index is -1.33. The molecule has 0 saturated heterocycles. The van der Waals surface area contributed by atoms with Gasteiger partial charge in [-0.05, 0) is 48.9 Å². The molecule has 202 valence electrons. The standard InChI is InChI=1S/C26H27ClFN5O4.ClH/c1-3-12-37-21-14-17(36-2)13-19(22(21)28)23(31-16-10-8-15(9-11-16)24(29)30)26(35)33-32-25(34)18-6-4-5-7-20(18)27;/h4-11,13-14,23,31H,3,12H2,1-2H3,(H3,29,30)(H,32,34)(H,33,35);1H. The number of ether oxygens (including phenoxy) is 2. The average molecular weight is 564 g/mol. The Morgan fingerprint density at radius 2 is 1.79 bits per heavy atom. The number of benzene rings is 3. The summed E-state index contributed by atoms with van der Waals surface area (Å²) in [5, 5.41) is 10.7. The molecule has 0 heterocycles. The molecule has 0 aromatic heterocycles. The van der Waals surface area contributed by atoms with E-state index in [2.05, 4.69) is 16.2 Å². The fraction of sp³-hybridized carbons (Fsp3) is 0.192. The first-order valence-corrected chi connectivity index (χ1v) is 11.7. The molecular formula is C26H28Cl2FN5O4. The second kappa shape index (κ2) is 14.1. The van der Waals surface area contributed by atoms with E-state index in [1.807, 2.05) is 6.92 Å². The average Bonchev–Trinajstić information content (AvgIpc) is 2.90. The van der Waals surface area contributed by atoms with E-state index in [-0.39, 0.29) is 52.5 Å². The number of carbonyl (C=O) groups excluding carboxylic acids is 2. The Kier molecular flexibility index (Phi) is 11.2. The summed E-state index contributed by atoms with van der Waals surface area (Å²) < 4.78 is 26.4. The Labute approximate surface area is 230 Å². The van der Waals surface area contributed by atoms with Crippen molar-refractivity contribution < 1.29 is 23.5 Å². The lowest BCUT2D eigenvalue weighted by Gasteiger charge is -2.22. The second-order valence-corrected chi connectivity index (χ2v) is 8.28. The van der Waals surface area contributed by atoms with Crippen molar-refractivity contribution in [3.63, 3.8) is 0 Å². The maximum Gasteiger partial charge on any atom is 0.271 e. The predicted molar refractivity (Wildman–Crippen MR) is 147 cm³/mol. The molecule has 0 bridgehead atoms. The smallest absolute Gasteiger partial charge is 0.271 e. The first kappa shape index (κ1) is 30.2. The number of methoxy groups -OCH3 is 1. The largest absolute Gasteiger partial charge is 0.497 e. The zero-order valence-corrected chi connectivity index (χ0v) is 22.2. The number of hydrogen-bond donors (Lipinski definition) is 5. The van der Waals surface area contributed by atoms with Crippen molar-refractivity contribution in [1.82, 2.24) is 10.9 Å². The summed E-state index contributed by atoms with van der Waals surface area (Å²) in [4.78, 5) is 25.8. The molecule has 2 amide bonds. The summed E-state index contributed by atoms with van der Waals surface area (Å²) >= 11 is 6.06. The minimum Gasteiger partial charge on any atom is -0.497 e. The van der Waals surface area contributed by atoms with Crippen LogP contribution in [0.2, 0.25) is 5.02 Å². The highest BCUT2D eigenvalue weighted by Crippen LogP contribution is 2.33. The number of halogens is 3. The summed E-state index contributed by atoms with van der Waals surface area (Å²) in [5.74, 6) is -2.12. The zero-order chi connectivity index (χ0) is 26.9. The van der Waals surface area contributed by atoms with Gasteiger partial charge >= 0.3 is 0 Å². The monoisotopic (exact) mass is 563 g/mol. The summed E-state index contributed by atoms with van der Waals surface area (Å²) in [7, 11) is 1.41. The lowest BCUT2D eigenvalue weighted by Crippen LogP contribution is -2.45. The topological polar surface area (TPSA) is 139 Å². The number of anilines is 1. The van der Waals surface area contributed by atoms with Crippen LogP contribution in [0.15, 0.2) is 60.7 Å². The number of carbonyl (C=O) groups is 2. The molecule has 0 saturated carbocycles. The summed E-state index contributed by atoms with van der Waals surface area (Å²) in [5.41, 5.74) is 11.1. The summed E-state index contributed by atoms with van der Waals surface area (Å²) in [6, 6.07) is 14.1. The number of hydrogen-bond acceptors (Lipinski definition) is 6. The molecule has 3 aromatic carbocycles. The SMILES string of the molecule is CCCOc1cc(OC)cc(C(Nc2ccc(C(=N)N)cc2)C(=O)NNC(=O)c2ccccc2Cl)c1F.Cl. The van der Waals surface area contributed by atoms with Gasteiger partial charge in [0.1, 0.15) is 17.6 Å². The third-order valence-corrected chi connectivity index (χ3v) is 5.57. The quantitative estimate of drug-likeness (QED) is 0.139. The van der Waals surface area contributed by atoms with Gasteiger partial charge in [0.15, 0.2) is 11.6 Å². The van der Waals surface area contributed by atoms with E-state index >= 15 is 4.39 Å². The highest BCUT2D eigenvalue weighted by atomic mass is 35.5. The van der Waals surface area contributed by atoms with Gasteiger partial charge in [0.2, 0.25) is 0 Å². The van der Waals surface area contributed by atoms with E-state index in [1.165, 1.54) is 31.4 Å². The van der Waals surface area contributed by atoms with Gasteiger partial charge in [-0.25, -0.2) is 4.39 Å². The Morgan fingerprint density at radius 3 is 2.39 bits per heavy atom. The molecule has 0 aliphatic heterocycles. The van der Waals surface area contributed by atoms with Crippen molar-refractivity contribution in [3.8, 4) is 11.5 Å². The molecule has 3 aromatic rings. The van der Waals surface area contributed by atoms with Crippen LogP contribution < -0.4 is 31.4 Å². The van der Waals surface area contributed by atoms with E-state index in [0.717, 1.165) is 0 Å². The van der Waals surface area contributed by atoms with Crippen LogP contribution in [0.3, 0.4) is 0 Å². The van der Waals surface area contributed by atoms with E-state index in [0.29, 0.717) is 17.7 Å². The molecule has 38 heavy (non-hydrogen) atoms. The Bertz CT molecular complexity index is 1290. The molecule has 3 rings (SSSR count). The number of nitrogen functional groups attached to an aromatic ring is 1. The molecule has 6 N–H and O–H groups in total. The zero-order valence-electron chi connectivity index (χ0n) is 20.6. The molecule has 12 heteroatoms. The van der Waals surface area contributed by atoms with Crippen molar-refractivity contribution in [2.45, 2.75) is 19.4 Å². The van der Waals surface area contributed by atoms with Gasteiger partial charge in [0, 0.05) is 22.9 Å². The number of amides is 2. The first-order valence-electron chi connectivity index (χ1n) is 11.3. The van der Waals surface area contributed by atoms with Gasteiger partial charge in [0.05, 0.1) is 24.3 Å². The maximum atomic E-state index is 15.6. The van der Waals surface area contributed by atoms with Crippen LogP contribution in [-0.4, -0.2) is 31.4 Å². The van der Waals surface area contributed by atoms with Crippen LogP contribution in [0.1, 0.15) is 40.9 Å². The summed E-state index contributed by atoms with van der Waals surface area (Å²) in [6.07, 6.45) is 0.644. The van der Waals surface area contributed by atoms with Gasteiger partial charge < -0.3 is 20.5 Å². The number of amidine groups is 1. The normalized spacial score (nSPS) is 10.9. The predicted octanol–water partition coefficient (Wildman–Crippen LogP) is 4.60.